The van der Waals surface area contributed by atoms with Gasteiger partial charge in [0.15, 0.2) is 6.54 Å². The molecule has 7 heteroatoms. The van der Waals surface area contributed by atoms with Gasteiger partial charge in [0, 0.05) is 20.0 Å². The fourth-order valence-electron chi connectivity index (χ4n) is 2.26. The van der Waals surface area contributed by atoms with Crippen molar-refractivity contribution in [3.63, 3.8) is 0 Å². The maximum atomic E-state index is 12.0. The van der Waals surface area contributed by atoms with Crippen LogP contribution in [-0.4, -0.2) is 47.8 Å². The fourth-order valence-corrected chi connectivity index (χ4v) is 2.26. The molecule has 1 N–H and O–H groups in total. The summed E-state index contributed by atoms with van der Waals surface area (Å²) >= 11 is 0. The third kappa shape index (κ3) is 4.19. The Kier molecular flexibility index (Phi) is 6.45. The van der Waals surface area contributed by atoms with E-state index in [9.17, 15) is 4.79 Å². The van der Waals surface area contributed by atoms with Gasteiger partial charge in [-0.05, 0) is 6.92 Å². The van der Waals surface area contributed by atoms with Crippen LogP contribution in [0.2, 0.25) is 0 Å². The van der Waals surface area contributed by atoms with Crippen molar-refractivity contribution in [2.45, 2.75) is 26.6 Å². The molecular formula is C13H23ClN4O2. The summed E-state index contributed by atoms with van der Waals surface area (Å²) in [4.78, 5) is 14.3. The van der Waals surface area contributed by atoms with Gasteiger partial charge in [-0.25, -0.2) is 9.13 Å². The Morgan fingerprint density at radius 2 is 2.15 bits per heavy atom. The molecule has 1 fully saturated rings. The number of aryl methyl sites for hydroxylation is 1. The Hall–Kier alpha value is -1.11. The molecule has 1 atom stereocenters. The Labute approximate surface area is 126 Å². The SMILES string of the molecule is Cc1n(C)cc[n+]1CC(=O)NC(C)N1CCOCC1.[Cl-]. The van der Waals surface area contributed by atoms with Crippen molar-refractivity contribution in [3.8, 4) is 0 Å². The smallest absolute Gasteiger partial charge is 0.263 e. The molecule has 6 nitrogen and oxygen atoms in total. The summed E-state index contributed by atoms with van der Waals surface area (Å²) in [6.45, 7) is 7.61. The Balaban J connectivity index is 0.00000200. The number of amides is 1. The van der Waals surface area contributed by atoms with Gasteiger partial charge >= 0.3 is 0 Å². The normalized spacial score (nSPS) is 17.4. The number of hydrogen-bond donors (Lipinski definition) is 1. The quantitative estimate of drug-likeness (QED) is 0.585. The predicted octanol–water partition coefficient (Wildman–Crippen LogP) is -3.58. The van der Waals surface area contributed by atoms with Crippen molar-refractivity contribution in [1.82, 2.24) is 14.8 Å². The number of halogens is 1. The van der Waals surface area contributed by atoms with E-state index in [1.165, 1.54) is 0 Å². The molecule has 0 aliphatic carbocycles. The molecule has 20 heavy (non-hydrogen) atoms. The maximum absolute atomic E-state index is 12.0. The van der Waals surface area contributed by atoms with Crippen LogP contribution >= 0.6 is 0 Å². The number of nitrogens with one attached hydrogen (secondary N) is 1. The number of carbonyl (C=O) groups is 1. The van der Waals surface area contributed by atoms with Crippen LogP contribution in [0.1, 0.15) is 12.7 Å². The van der Waals surface area contributed by atoms with Crippen LogP contribution in [0, 0.1) is 6.92 Å². The van der Waals surface area contributed by atoms with Gasteiger partial charge in [0.05, 0.1) is 26.4 Å². The van der Waals surface area contributed by atoms with Crippen LogP contribution in [0.15, 0.2) is 12.4 Å². The number of nitrogens with zero attached hydrogens (tertiary/aromatic N) is 3. The molecule has 0 bridgehead atoms. The van der Waals surface area contributed by atoms with Gasteiger partial charge in [0.2, 0.25) is 0 Å². The monoisotopic (exact) mass is 302 g/mol. The van der Waals surface area contributed by atoms with Crippen molar-refractivity contribution in [2.24, 2.45) is 7.05 Å². The summed E-state index contributed by atoms with van der Waals surface area (Å²) in [6, 6.07) is 0. The molecule has 1 aliphatic rings. The average molecular weight is 303 g/mol. The summed E-state index contributed by atoms with van der Waals surface area (Å²) < 4.78 is 9.25. The van der Waals surface area contributed by atoms with Crippen LogP contribution < -0.4 is 22.3 Å². The molecule has 114 valence electrons. The highest BCUT2D eigenvalue weighted by Gasteiger charge is 2.20. The minimum atomic E-state index is 0. The van der Waals surface area contributed by atoms with Crippen molar-refractivity contribution >= 4 is 5.91 Å². The van der Waals surface area contributed by atoms with Crippen molar-refractivity contribution in [3.05, 3.63) is 18.2 Å². The summed E-state index contributed by atoms with van der Waals surface area (Å²) in [5.41, 5.74) is 0. The number of rotatable bonds is 4. The number of aromatic nitrogens is 2. The summed E-state index contributed by atoms with van der Waals surface area (Å²) in [5, 5.41) is 3.04. The first kappa shape index (κ1) is 16.9. The number of ether oxygens (including phenoxy) is 1. The zero-order valence-corrected chi connectivity index (χ0v) is 13.1. The average Bonchev–Trinajstić information content (AvgIpc) is 2.71. The summed E-state index contributed by atoms with van der Waals surface area (Å²) in [5.74, 6) is 1.10. The van der Waals surface area contributed by atoms with E-state index < -0.39 is 0 Å². The lowest BCUT2D eigenvalue weighted by Crippen LogP contribution is -3.00. The number of carbonyl (C=O) groups excluding carboxylic acids is 1. The zero-order valence-electron chi connectivity index (χ0n) is 12.3. The third-order valence-corrected chi connectivity index (χ3v) is 3.67. The van der Waals surface area contributed by atoms with Crippen LogP contribution in [0.4, 0.5) is 0 Å². The zero-order chi connectivity index (χ0) is 13.8. The molecule has 0 spiro atoms. The molecule has 0 radical (unpaired) electrons. The van der Waals surface area contributed by atoms with Gasteiger partial charge in [-0.15, -0.1) is 0 Å². The Morgan fingerprint density at radius 1 is 1.50 bits per heavy atom. The lowest BCUT2D eigenvalue weighted by molar-refractivity contribution is -0.690. The predicted molar refractivity (Wildman–Crippen MR) is 70.3 cm³/mol. The lowest BCUT2D eigenvalue weighted by Gasteiger charge is -2.32. The van der Waals surface area contributed by atoms with Crippen LogP contribution in [0.5, 0.6) is 0 Å². The van der Waals surface area contributed by atoms with E-state index in [1.54, 1.807) is 0 Å². The van der Waals surface area contributed by atoms with Gasteiger partial charge in [-0.1, -0.05) is 0 Å². The highest BCUT2D eigenvalue weighted by atomic mass is 35.5. The molecule has 1 amide bonds. The van der Waals surface area contributed by atoms with Crippen LogP contribution in [0.3, 0.4) is 0 Å². The Bertz CT molecular complexity index is 444. The topological polar surface area (TPSA) is 50.4 Å². The molecule has 2 heterocycles. The highest BCUT2D eigenvalue weighted by molar-refractivity contribution is 5.74. The number of hydrogen-bond acceptors (Lipinski definition) is 3. The van der Waals surface area contributed by atoms with Crippen molar-refractivity contribution in [2.75, 3.05) is 26.3 Å². The van der Waals surface area contributed by atoms with Gasteiger partial charge in [-0.3, -0.25) is 9.69 Å². The molecule has 1 aromatic heterocycles. The standard InChI is InChI=1S/C13H22N4O2.ClH/c1-11(16-6-8-19-9-7-16)14-13(18)10-17-5-4-15(3)12(17)2;/h4-5,11H,6-10H2,1-3H3;1H. The first-order chi connectivity index (χ1) is 9.08. The molecular weight excluding hydrogens is 280 g/mol. The van der Waals surface area contributed by atoms with E-state index in [0.29, 0.717) is 6.54 Å². The minimum absolute atomic E-state index is 0. The highest BCUT2D eigenvalue weighted by Crippen LogP contribution is 2.00. The first-order valence-electron chi connectivity index (χ1n) is 6.70. The van der Waals surface area contributed by atoms with E-state index in [0.717, 1.165) is 32.1 Å². The molecule has 0 saturated carbocycles. The van der Waals surface area contributed by atoms with Gasteiger partial charge in [0.1, 0.15) is 12.4 Å². The van der Waals surface area contributed by atoms with E-state index in [4.69, 9.17) is 4.74 Å². The van der Waals surface area contributed by atoms with Gasteiger partial charge < -0.3 is 22.5 Å². The third-order valence-electron chi connectivity index (χ3n) is 3.67. The van der Waals surface area contributed by atoms with Crippen molar-refractivity contribution < 1.29 is 26.5 Å². The largest absolute Gasteiger partial charge is 1.00 e. The maximum Gasteiger partial charge on any atom is 0.263 e. The summed E-state index contributed by atoms with van der Waals surface area (Å²) in [7, 11) is 1.97. The minimum Gasteiger partial charge on any atom is -1.00 e. The van der Waals surface area contributed by atoms with E-state index >= 15 is 0 Å². The molecule has 1 aromatic rings. The molecule has 2 rings (SSSR count). The second-order valence-electron chi connectivity index (χ2n) is 4.98. The van der Waals surface area contributed by atoms with E-state index in [1.807, 2.05) is 42.4 Å². The fraction of sp³-hybridized carbons (Fsp3) is 0.692. The number of imidazole rings is 1. The van der Waals surface area contributed by atoms with Gasteiger partial charge in [0.25, 0.3) is 11.7 Å². The number of morpholine rings is 1. The molecule has 1 aliphatic heterocycles. The van der Waals surface area contributed by atoms with E-state index in [-0.39, 0.29) is 24.5 Å². The van der Waals surface area contributed by atoms with E-state index in [2.05, 4.69) is 10.2 Å². The van der Waals surface area contributed by atoms with Crippen LogP contribution in [-0.2, 0) is 23.1 Å². The molecule has 1 saturated heterocycles. The summed E-state index contributed by atoms with van der Waals surface area (Å²) in [6.07, 6.45) is 3.93. The van der Waals surface area contributed by atoms with Gasteiger partial charge in [-0.2, -0.15) is 0 Å². The van der Waals surface area contributed by atoms with Crippen molar-refractivity contribution in [1.29, 1.82) is 0 Å². The second-order valence-corrected chi connectivity index (χ2v) is 4.98. The lowest BCUT2D eigenvalue weighted by atomic mass is 10.3. The second kappa shape index (κ2) is 7.61. The molecule has 0 aromatic carbocycles. The van der Waals surface area contributed by atoms with Crippen LogP contribution in [0.25, 0.3) is 0 Å². The molecule has 1 unspecified atom stereocenters. The first-order valence-corrected chi connectivity index (χ1v) is 6.70. The Morgan fingerprint density at radius 3 is 2.70 bits per heavy atom.